The standard InChI is InChI=1S/C16H17F3N4O2.HI/c1-24-14-8-12(6-7-21-14)10-23-15(20)22-9-11-2-4-13(5-3-11)25-16(17,18)19;/h2-8H,9-10H2,1H3,(H3,20,22,23);1H. The van der Waals surface area contributed by atoms with Gasteiger partial charge in [0.2, 0.25) is 5.88 Å². The first-order chi connectivity index (χ1) is 11.9. The van der Waals surface area contributed by atoms with Crippen LogP contribution in [-0.4, -0.2) is 24.4 Å². The van der Waals surface area contributed by atoms with E-state index in [0.717, 1.165) is 11.1 Å². The van der Waals surface area contributed by atoms with Gasteiger partial charge in [-0.3, -0.25) is 0 Å². The number of alkyl halides is 3. The number of benzene rings is 1. The number of guanidine groups is 1. The van der Waals surface area contributed by atoms with Gasteiger partial charge in [-0.05, 0) is 29.3 Å². The van der Waals surface area contributed by atoms with Crippen molar-refractivity contribution >= 4 is 29.9 Å². The number of nitrogens with zero attached hydrogens (tertiary/aromatic N) is 2. The number of nitrogens with two attached hydrogens (primary N) is 1. The average molecular weight is 482 g/mol. The van der Waals surface area contributed by atoms with Crippen molar-refractivity contribution in [2.24, 2.45) is 10.7 Å². The van der Waals surface area contributed by atoms with E-state index in [1.165, 1.54) is 31.4 Å². The monoisotopic (exact) mass is 482 g/mol. The first kappa shape index (κ1) is 21.8. The summed E-state index contributed by atoms with van der Waals surface area (Å²) in [6.07, 6.45) is -3.09. The summed E-state index contributed by atoms with van der Waals surface area (Å²) in [6.45, 7) is 0.664. The van der Waals surface area contributed by atoms with Gasteiger partial charge in [-0.15, -0.1) is 37.1 Å². The van der Waals surface area contributed by atoms with Gasteiger partial charge in [0.05, 0.1) is 13.7 Å². The number of ether oxygens (including phenoxy) is 2. The van der Waals surface area contributed by atoms with Crippen molar-refractivity contribution in [2.75, 3.05) is 7.11 Å². The highest BCUT2D eigenvalue weighted by Crippen LogP contribution is 2.22. The van der Waals surface area contributed by atoms with Gasteiger partial charge in [0, 0.05) is 18.8 Å². The Morgan fingerprint density at radius 3 is 2.50 bits per heavy atom. The number of hydrogen-bond acceptors (Lipinski definition) is 4. The molecule has 0 saturated carbocycles. The highest BCUT2D eigenvalue weighted by atomic mass is 127. The van der Waals surface area contributed by atoms with E-state index in [1.807, 2.05) is 0 Å². The zero-order valence-electron chi connectivity index (χ0n) is 13.8. The van der Waals surface area contributed by atoms with Gasteiger partial charge in [0.15, 0.2) is 5.96 Å². The highest BCUT2D eigenvalue weighted by molar-refractivity contribution is 14.0. The number of pyridine rings is 1. The first-order valence-corrected chi connectivity index (χ1v) is 7.23. The van der Waals surface area contributed by atoms with Crippen molar-refractivity contribution in [1.82, 2.24) is 10.3 Å². The molecule has 0 unspecified atom stereocenters. The molecule has 26 heavy (non-hydrogen) atoms. The zero-order valence-corrected chi connectivity index (χ0v) is 16.1. The summed E-state index contributed by atoms with van der Waals surface area (Å²) in [4.78, 5) is 8.17. The lowest BCUT2D eigenvalue weighted by Crippen LogP contribution is -2.31. The molecular weight excluding hydrogens is 464 g/mol. The Labute approximate surface area is 165 Å². The molecule has 1 aromatic carbocycles. The van der Waals surface area contributed by atoms with Crippen LogP contribution in [0, 0.1) is 0 Å². The maximum absolute atomic E-state index is 12.1. The molecule has 0 bridgehead atoms. The molecule has 1 aromatic heterocycles. The second kappa shape index (κ2) is 10.0. The minimum atomic E-state index is -4.70. The summed E-state index contributed by atoms with van der Waals surface area (Å²) in [7, 11) is 1.52. The lowest BCUT2D eigenvalue weighted by atomic mass is 10.2. The SMILES string of the molecule is COc1cc(CN=C(N)NCc2ccc(OC(F)(F)F)cc2)ccn1.I. The van der Waals surface area contributed by atoms with Gasteiger partial charge in [0.25, 0.3) is 0 Å². The Balaban J connectivity index is 0.00000338. The van der Waals surface area contributed by atoms with Gasteiger partial charge in [0.1, 0.15) is 5.75 Å². The fourth-order valence-electron chi connectivity index (χ4n) is 1.89. The Morgan fingerprint density at radius 2 is 1.88 bits per heavy atom. The summed E-state index contributed by atoms with van der Waals surface area (Å²) in [6, 6.07) is 9.03. The van der Waals surface area contributed by atoms with Crippen LogP contribution in [0.25, 0.3) is 0 Å². The van der Waals surface area contributed by atoms with E-state index < -0.39 is 6.36 Å². The summed E-state index contributed by atoms with van der Waals surface area (Å²) in [5.41, 5.74) is 7.39. The highest BCUT2D eigenvalue weighted by Gasteiger charge is 2.30. The smallest absolute Gasteiger partial charge is 0.481 e. The van der Waals surface area contributed by atoms with Gasteiger partial charge in [-0.2, -0.15) is 0 Å². The molecule has 0 saturated heterocycles. The summed E-state index contributed by atoms with van der Waals surface area (Å²) in [5.74, 6) is 0.427. The Kier molecular flexibility index (Phi) is 8.42. The molecule has 0 radical (unpaired) electrons. The molecule has 0 aliphatic rings. The minimum Gasteiger partial charge on any atom is -0.481 e. The van der Waals surface area contributed by atoms with Crippen LogP contribution >= 0.6 is 24.0 Å². The Hall–Kier alpha value is -2.24. The largest absolute Gasteiger partial charge is 0.573 e. The van der Waals surface area contributed by atoms with Crippen LogP contribution in [-0.2, 0) is 13.1 Å². The number of hydrogen-bond donors (Lipinski definition) is 2. The van der Waals surface area contributed by atoms with E-state index in [4.69, 9.17) is 10.5 Å². The lowest BCUT2D eigenvalue weighted by Gasteiger charge is -2.10. The molecule has 2 rings (SSSR count). The van der Waals surface area contributed by atoms with E-state index in [1.54, 1.807) is 18.3 Å². The van der Waals surface area contributed by atoms with Crippen molar-refractivity contribution in [1.29, 1.82) is 0 Å². The molecule has 2 aromatic rings. The molecule has 0 amide bonds. The lowest BCUT2D eigenvalue weighted by molar-refractivity contribution is -0.274. The van der Waals surface area contributed by atoms with Crippen LogP contribution in [0.15, 0.2) is 47.6 Å². The second-order valence-corrected chi connectivity index (χ2v) is 4.95. The molecule has 10 heteroatoms. The zero-order chi connectivity index (χ0) is 18.3. The number of methoxy groups -OCH3 is 1. The van der Waals surface area contributed by atoms with E-state index >= 15 is 0 Å². The number of halogens is 4. The number of nitrogens with one attached hydrogen (secondary N) is 1. The van der Waals surface area contributed by atoms with E-state index in [9.17, 15) is 13.2 Å². The van der Waals surface area contributed by atoms with Gasteiger partial charge in [-0.1, -0.05) is 12.1 Å². The third kappa shape index (κ3) is 7.76. The fourth-order valence-corrected chi connectivity index (χ4v) is 1.89. The minimum absolute atomic E-state index is 0. The molecule has 1 heterocycles. The second-order valence-electron chi connectivity index (χ2n) is 4.95. The van der Waals surface area contributed by atoms with E-state index in [-0.39, 0.29) is 35.7 Å². The molecule has 0 aliphatic heterocycles. The normalized spacial score (nSPS) is 11.5. The van der Waals surface area contributed by atoms with Crippen molar-refractivity contribution in [3.8, 4) is 11.6 Å². The van der Waals surface area contributed by atoms with Gasteiger partial charge >= 0.3 is 6.36 Å². The summed E-state index contributed by atoms with van der Waals surface area (Å²) in [5, 5.41) is 2.88. The molecule has 0 aliphatic carbocycles. The number of aromatic nitrogens is 1. The quantitative estimate of drug-likeness (QED) is 0.376. The third-order valence-electron chi connectivity index (χ3n) is 3.07. The third-order valence-corrected chi connectivity index (χ3v) is 3.07. The van der Waals surface area contributed by atoms with Crippen molar-refractivity contribution < 1.29 is 22.6 Å². The maximum atomic E-state index is 12.1. The van der Waals surface area contributed by atoms with Crippen LogP contribution in [0.1, 0.15) is 11.1 Å². The molecule has 0 spiro atoms. The van der Waals surface area contributed by atoms with Crippen LogP contribution in [0.2, 0.25) is 0 Å². The fraction of sp³-hybridized carbons (Fsp3) is 0.250. The predicted octanol–water partition coefficient (Wildman–Crippen LogP) is 3.21. The Bertz CT molecular complexity index is 724. The molecule has 142 valence electrons. The summed E-state index contributed by atoms with van der Waals surface area (Å²) >= 11 is 0. The first-order valence-electron chi connectivity index (χ1n) is 7.23. The molecule has 0 atom stereocenters. The molecule has 6 nitrogen and oxygen atoms in total. The maximum Gasteiger partial charge on any atom is 0.573 e. The van der Waals surface area contributed by atoms with Crippen LogP contribution in [0.3, 0.4) is 0 Å². The van der Waals surface area contributed by atoms with E-state index in [2.05, 4.69) is 20.0 Å². The van der Waals surface area contributed by atoms with E-state index in [0.29, 0.717) is 19.0 Å². The molecular formula is C16H18F3IN4O2. The molecule has 3 N–H and O–H groups in total. The molecule has 0 fully saturated rings. The van der Waals surface area contributed by atoms with Crippen LogP contribution in [0.4, 0.5) is 13.2 Å². The topological polar surface area (TPSA) is 81.8 Å². The number of rotatable bonds is 6. The van der Waals surface area contributed by atoms with Crippen molar-refractivity contribution in [3.05, 3.63) is 53.7 Å². The van der Waals surface area contributed by atoms with Gasteiger partial charge < -0.3 is 20.5 Å². The predicted molar refractivity (Wildman–Crippen MR) is 101 cm³/mol. The van der Waals surface area contributed by atoms with Crippen molar-refractivity contribution in [3.63, 3.8) is 0 Å². The Morgan fingerprint density at radius 1 is 1.19 bits per heavy atom. The van der Waals surface area contributed by atoms with Gasteiger partial charge in [-0.25, -0.2) is 9.98 Å². The van der Waals surface area contributed by atoms with Crippen molar-refractivity contribution in [2.45, 2.75) is 19.5 Å². The van der Waals surface area contributed by atoms with Crippen LogP contribution in [0.5, 0.6) is 11.6 Å². The van der Waals surface area contributed by atoms with Crippen LogP contribution < -0.4 is 20.5 Å². The number of aliphatic imine (C=N–C) groups is 1. The summed E-state index contributed by atoms with van der Waals surface area (Å²) < 4.78 is 45.1. The average Bonchev–Trinajstić information content (AvgIpc) is 2.58.